The minimum Gasteiger partial charge on any atom is -0.334 e. The highest BCUT2D eigenvalue weighted by Gasteiger charge is 2.36. The molecule has 0 saturated heterocycles. The Morgan fingerprint density at radius 1 is 1.29 bits per heavy atom. The molecule has 7 nitrogen and oxygen atoms in total. The Balaban J connectivity index is 0.00000208. The Bertz CT molecular complexity index is 829. The van der Waals surface area contributed by atoms with Gasteiger partial charge in [0.25, 0.3) is 5.89 Å². The Labute approximate surface area is 147 Å². The third kappa shape index (κ3) is 3.88. The molecule has 0 unspecified atom stereocenters. The second-order valence-corrected chi connectivity index (χ2v) is 7.96. The molecule has 0 radical (unpaired) electrons. The number of hydrogen-bond acceptors (Lipinski definition) is 6. The van der Waals surface area contributed by atoms with Gasteiger partial charge in [0.2, 0.25) is 10.0 Å². The third-order valence-corrected chi connectivity index (χ3v) is 4.66. The van der Waals surface area contributed by atoms with E-state index in [0.29, 0.717) is 17.1 Å². The van der Waals surface area contributed by atoms with Gasteiger partial charge in [0.05, 0.1) is 23.0 Å². The molecular weight excluding hydrogens is 352 g/mol. The number of rotatable bonds is 4. The Morgan fingerprint density at radius 2 is 1.96 bits per heavy atom. The van der Waals surface area contributed by atoms with E-state index in [9.17, 15) is 8.42 Å². The van der Waals surface area contributed by atoms with Gasteiger partial charge in [-0.1, -0.05) is 29.6 Å². The summed E-state index contributed by atoms with van der Waals surface area (Å²) in [6, 6.07) is 5.31. The van der Waals surface area contributed by atoms with Crippen molar-refractivity contribution in [1.29, 1.82) is 0 Å². The van der Waals surface area contributed by atoms with E-state index in [2.05, 4.69) is 14.9 Å². The van der Waals surface area contributed by atoms with E-state index in [1.165, 1.54) is 0 Å². The largest absolute Gasteiger partial charge is 0.334 e. The summed E-state index contributed by atoms with van der Waals surface area (Å²) in [5.74, 6) is 0.753. The molecule has 1 heterocycles. The number of anilines is 1. The van der Waals surface area contributed by atoms with Gasteiger partial charge in [0.1, 0.15) is 0 Å². The van der Waals surface area contributed by atoms with Crippen LogP contribution in [0.5, 0.6) is 0 Å². The summed E-state index contributed by atoms with van der Waals surface area (Å²) < 4.78 is 30.9. The van der Waals surface area contributed by atoms with Crippen molar-refractivity contribution in [2.45, 2.75) is 38.1 Å². The quantitative estimate of drug-likeness (QED) is 0.853. The van der Waals surface area contributed by atoms with E-state index in [1.54, 1.807) is 6.07 Å². The molecule has 0 atom stereocenters. The van der Waals surface area contributed by atoms with E-state index in [1.807, 2.05) is 19.1 Å². The van der Waals surface area contributed by atoms with Gasteiger partial charge in [-0.15, -0.1) is 12.4 Å². The summed E-state index contributed by atoms with van der Waals surface area (Å²) in [5, 5.41) is 4.03. The highest BCUT2D eigenvalue weighted by atomic mass is 35.5. The van der Waals surface area contributed by atoms with Crippen LogP contribution in [0.1, 0.15) is 37.1 Å². The normalized spacial score (nSPS) is 16.6. The molecule has 1 aromatic heterocycles. The predicted molar refractivity (Wildman–Crippen MR) is 94.5 cm³/mol. The summed E-state index contributed by atoms with van der Waals surface area (Å²) >= 11 is 0. The van der Waals surface area contributed by atoms with Crippen LogP contribution >= 0.6 is 12.4 Å². The highest BCUT2D eigenvalue weighted by Crippen LogP contribution is 2.36. The topological polar surface area (TPSA) is 111 Å². The van der Waals surface area contributed by atoms with Crippen LogP contribution in [-0.4, -0.2) is 24.8 Å². The van der Waals surface area contributed by atoms with Gasteiger partial charge in [0.15, 0.2) is 5.82 Å². The SMILES string of the molecule is Cc1ccc(NS(C)(=O)=O)c(-c2nc(C3(N)CCCC3)no2)c1.Cl. The Morgan fingerprint density at radius 3 is 2.58 bits per heavy atom. The molecule has 2 aromatic rings. The summed E-state index contributed by atoms with van der Waals surface area (Å²) in [4.78, 5) is 4.43. The smallest absolute Gasteiger partial charge is 0.260 e. The zero-order valence-corrected chi connectivity index (χ0v) is 15.2. The summed E-state index contributed by atoms with van der Waals surface area (Å²) in [6.07, 6.45) is 4.85. The van der Waals surface area contributed by atoms with E-state index in [4.69, 9.17) is 10.3 Å². The van der Waals surface area contributed by atoms with Crippen molar-refractivity contribution in [3.05, 3.63) is 29.6 Å². The molecule has 1 aliphatic rings. The van der Waals surface area contributed by atoms with Crippen molar-refractivity contribution in [2.24, 2.45) is 5.73 Å². The minimum atomic E-state index is -3.41. The van der Waals surface area contributed by atoms with Crippen LogP contribution in [0.15, 0.2) is 22.7 Å². The number of hydrogen-bond donors (Lipinski definition) is 2. The lowest BCUT2D eigenvalue weighted by Crippen LogP contribution is -2.34. The van der Waals surface area contributed by atoms with Gasteiger partial charge < -0.3 is 10.3 Å². The summed E-state index contributed by atoms with van der Waals surface area (Å²) in [5.41, 5.74) is 7.72. The van der Waals surface area contributed by atoms with Crippen LogP contribution in [0.25, 0.3) is 11.5 Å². The fraction of sp³-hybridized carbons (Fsp3) is 0.467. The average Bonchev–Trinajstić information content (AvgIpc) is 3.09. The highest BCUT2D eigenvalue weighted by molar-refractivity contribution is 7.92. The van der Waals surface area contributed by atoms with Crippen molar-refractivity contribution in [2.75, 3.05) is 11.0 Å². The van der Waals surface area contributed by atoms with Crippen molar-refractivity contribution in [1.82, 2.24) is 10.1 Å². The van der Waals surface area contributed by atoms with Crippen LogP contribution in [-0.2, 0) is 15.6 Å². The van der Waals surface area contributed by atoms with Crippen LogP contribution < -0.4 is 10.5 Å². The molecule has 132 valence electrons. The maximum atomic E-state index is 11.5. The summed E-state index contributed by atoms with van der Waals surface area (Å²) in [6.45, 7) is 1.91. The van der Waals surface area contributed by atoms with Gasteiger partial charge >= 0.3 is 0 Å². The number of nitrogens with one attached hydrogen (secondary N) is 1. The zero-order valence-electron chi connectivity index (χ0n) is 13.6. The fourth-order valence-electron chi connectivity index (χ4n) is 2.89. The first-order valence-electron chi connectivity index (χ1n) is 7.49. The van der Waals surface area contributed by atoms with Gasteiger partial charge in [-0.2, -0.15) is 4.98 Å². The second kappa shape index (κ2) is 6.70. The number of aryl methyl sites for hydroxylation is 1. The van der Waals surface area contributed by atoms with Gasteiger partial charge in [-0.25, -0.2) is 8.42 Å². The lowest BCUT2D eigenvalue weighted by Gasteiger charge is -2.17. The number of aromatic nitrogens is 2. The van der Waals surface area contributed by atoms with Crippen molar-refractivity contribution in [3.8, 4) is 11.5 Å². The molecule has 9 heteroatoms. The van der Waals surface area contributed by atoms with Gasteiger partial charge in [-0.3, -0.25) is 4.72 Å². The maximum Gasteiger partial charge on any atom is 0.260 e. The number of sulfonamides is 1. The molecule has 3 rings (SSSR count). The van der Waals surface area contributed by atoms with Crippen LogP contribution in [0.2, 0.25) is 0 Å². The first-order valence-corrected chi connectivity index (χ1v) is 9.38. The van der Waals surface area contributed by atoms with E-state index in [0.717, 1.165) is 37.5 Å². The Hall–Kier alpha value is -1.64. The Kier molecular flexibility index (Phi) is 5.22. The maximum absolute atomic E-state index is 11.5. The lowest BCUT2D eigenvalue weighted by molar-refractivity contribution is 0.372. The number of nitrogens with two attached hydrogens (primary N) is 1. The number of nitrogens with zero attached hydrogens (tertiary/aromatic N) is 2. The average molecular weight is 373 g/mol. The van der Waals surface area contributed by atoms with Crippen LogP contribution in [0, 0.1) is 6.92 Å². The summed E-state index contributed by atoms with van der Waals surface area (Å²) in [7, 11) is -3.41. The van der Waals surface area contributed by atoms with Crippen LogP contribution in [0.4, 0.5) is 5.69 Å². The molecule has 1 fully saturated rings. The molecule has 24 heavy (non-hydrogen) atoms. The first-order chi connectivity index (χ1) is 10.8. The van der Waals surface area contributed by atoms with E-state index in [-0.39, 0.29) is 18.3 Å². The van der Waals surface area contributed by atoms with Crippen molar-refractivity contribution >= 4 is 28.1 Å². The molecular formula is C15H21ClN4O3S. The number of benzene rings is 1. The molecule has 3 N–H and O–H groups in total. The lowest BCUT2D eigenvalue weighted by atomic mass is 9.98. The molecule has 0 spiro atoms. The molecule has 0 amide bonds. The molecule has 1 aromatic carbocycles. The van der Waals surface area contributed by atoms with Crippen molar-refractivity contribution in [3.63, 3.8) is 0 Å². The number of halogens is 1. The molecule has 0 bridgehead atoms. The molecule has 1 aliphatic carbocycles. The predicted octanol–water partition coefficient (Wildman–Crippen LogP) is 2.57. The van der Waals surface area contributed by atoms with Crippen molar-refractivity contribution < 1.29 is 12.9 Å². The van der Waals surface area contributed by atoms with Gasteiger partial charge in [0, 0.05) is 0 Å². The third-order valence-electron chi connectivity index (χ3n) is 4.07. The van der Waals surface area contributed by atoms with E-state index >= 15 is 0 Å². The van der Waals surface area contributed by atoms with E-state index < -0.39 is 15.6 Å². The monoisotopic (exact) mass is 372 g/mol. The first kappa shape index (κ1) is 18.7. The fourth-order valence-corrected chi connectivity index (χ4v) is 3.47. The second-order valence-electron chi connectivity index (χ2n) is 6.21. The minimum absolute atomic E-state index is 0. The molecule has 0 aliphatic heterocycles. The van der Waals surface area contributed by atoms with Crippen LogP contribution in [0.3, 0.4) is 0 Å². The zero-order chi connectivity index (χ0) is 16.7. The van der Waals surface area contributed by atoms with Gasteiger partial charge in [-0.05, 0) is 31.9 Å². The molecule has 1 saturated carbocycles. The standard InChI is InChI=1S/C15H20N4O3S.ClH/c1-10-5-6-12(19-23(2,20)21)11(9-10)13-17-14(18-22-13)15(16)7-3-4-8-15;/h5-6,9,19H,3-4,7-8,16H2,1-2H3;1H.